The molecular weight excluding hydrogens is 202 g/mol. The van der Waals surface area contributed by atoms with E-state index in [9.17, 15) is 9.59 Å². The molecule has 0 unspecified atom stereocenters. The minimum Gasteiger partial charge on any atom is -0.353 e. The van der Waals surface area contributed by atoms with E-state index in [0.717, 1.165) is 12.8 Å². The molecule has 1 N–H and O–H groups in total. The maximum absolute atomic E-state index is 11.7. The topological polar surface area (TPSA) is 46.2 Å². The fourth-order valence-corrected chi connectivity index (χ4v) is 1.94. The maximum atomic E-state index is 11.7. The lowest BCUT2D eigenvalue weighted by molar-refractivity contribution is -0.132. The number of amides is 1. The highest BCUT2D eigenvalue weighted by Gasteiger charge is 2.24. The van der Waals surface area contributed by atoms with E-state index in [4.69, 9.17) is 0 Å². The van der Waals surface area contributed by atoms with Crippen molar-refractivity contribution in [2.75, 3.05) is 0 Å². The quantitative estimate of drug-likeness (QED) is 0.750. The second kappa shape index (κ2) is 5.46. The van der Waals surface area contributed by atoms with Gasteiger partial charge in [0, 0.05) is 11.5 Å². The molecule has 0 bridgehead atoms. The standard InChI is InChI=1S/C13H23NO2/c1-13(2,3)11(15)9-12(16)14-10-7-5-4-6-8-10/h10H,4-9H2,1-3H3,(H,14,16). The van der Waals surface area contributed by atoms with Crippen LogP contribution in [0.4, 0.5) is 0 Å². The number of rotatable bonds is 3. The first-order chi connectivity index (χ1) is 7.39. The van der Waals surface area contributed by atoms with Crippen LogP contribution in [0.1, 0.15) is 59.3 Å². The first-order valence-electron chi connectivity index (χ1n) is 6.22. The van der Waals surface area contributed by atoms with Crippen molar-refractivity contribution in [1.29, 1.82) is 0 Å². The first kappa shape index (κ1) is 13.2. The van der Waals surface area contributed by atoms with Gasteiger partial charge in [-0.3, -0.25) is 9.59 Å². The van der Waals surface area contributed by atoms with Crippen LogP contribution in [0.2, 0.25) is 0 Å². The summed E-state index contributed by atoms with van der Waals surface area (Å²) in [5.41, 5.74) is -0.413. The zero-order valence-electron chi connectivity index (χ0n) is 10.6. The summed E-state index contributed by atoms with van der Waals surface area (Å²) >= 11 is 0. The minimum absolute atomic E-state index is 0.0146. The number of carbonyl (C=O) groups is 2. The van der Waals surface area contributed by atoms with Gasteiger partial charge in [-0.25, -0.2) is 0 Å². The molecule has 1 amide bonds. The summed E-state index contributed by atoms with van der Waals surface area (Å²) in [5, 5.41) is 2.96. The van der Waals surface area contributed by atoms with Crippen LogP contribution in [0.25, 0.3) is 0 Å². The lowest BCUT2D eigenvalue weighted by Crippen LogP contribution is -2.38. The van der Waals surface area contributed by atoms with Crippen molar-refractivity contribution in [2.24, 2.45) is 5.41 Å². The highest BCUT2D eigenvalue weighted by Crippen LogP contribution is 2.19. The largest absolute Gasteiger partial charge is 0.353 e. The van der Waals surface area contributed by atoms with Gasteiger partial charge >= 0.3 is 0 Å². The number of nitrogens with one attached hydrogen (secondary N) is 1. The highest BCUT2D eigenvalue weighted by molar-refractivity contribution is 6.00. The van der Waals surface area contributed by atoms with Gasteiger partial charge in [0.25, 0.3) is 0 Å². The SMILES string of the molecule is CC(C)(C)C(=O)CC(=O)NC1CCCCC1. The predicted octanol–water partition coefficient (Wildman–Crippen LogP) is 2.44. The Morgan fingerprint density at radius 1 is 1.12 bits per heavy atom. The van der Waals surface area contributed by atoms with E-state index >= 15 is 0 Å². The summed E-state index contributed by atoms with van der Waals surface area (Å²) in [5.74, 6) is -0.0902. The van der Waals surface area contributed by atoms with E-state index in [1.54, 1.807) is 0 Å². The van der Waals surface area contributed by atoms with Gasteiger partial charge in [-0.1, -0.05) is 40.0 Å². The van der Waals surface area contributed by atoms with E-state index < -0.39 is 5.41 Å². The number of Topliss-reactive ketones (excluding diaryl/α,β-unsaturated/α-hetero) is 1. The van der Waals surface area contributed by atoms with Crippen LogP contribution >= 0.6 is 0 Å². The summed E-state index contributed by atoms with van der Waals surface area (Å²) in [7, 11) is 0. The third-order valence-electron chi connectivity index (χ3n) is 3.13. The fraction of sp³-hybridized carbons (Fsp3) is 0.846. The lowest BCUT2D eigenvalue weighted by atomic mass is 9.88. The molecule has 0 aromatic carbocycles. The van der Waals surface area contributed by atoms with Gasteiger partial charge in [0.1, 0.15) is 5.78 Å². The van der Waals surface area contributed by atoms with Crippen molar-refractivity contribution in [3.05, 3.63) is 0 Å². The minimum atomic E-state index is -0.413. The zero-order valence-corrected chi connectivity index (χ0v) is 10.6. The van der Waals surface area contributed by atoms with Gasteiger partial charge in [-0.2, -0.15) is 0 Å². The van der Waals surface area contributed by atoms with E-state index in [-0.39, 0.29) is 18.1 Å². The van der Waals surface area contributed by atoms with Crippen LogP contribution in [0.5, 0.6) is 0 Å². The average molecular weight is 225 g/mol. The summed E-state index contributed by atoms with van der Waals surface area (Å²) in [6.45, 7) is 5.55. The Labute approximate surface area is 98.0 Å². The summed E-state index contributed by atoms with van der Waals surface area (Å²) in [4.78, 5) is 23.3. The monoisotopic (exact) mass is 225 g/mol. The van der Waals surface area contributed by atoms with Crippen LogP contribution in [0.15, 0.2) is 0 Å². The Bertz CT molecular complexity index is 260. The molecule has 92 valence electrons. The normalized spacial score (nSPS) is 18.2. The van der Waals surface area contributed by atoms with Gasteiger partial charge in [0.2, 0.25) is 5.91 Å². The zero-order chi connectivity index (χ0) is 12.2. The molecule has 0 atom stereocenters. The highest BCUT2D eigenvalue weighted by atomic mass is 16.2. The van der Waals surface area contributed by atoms with Crippen LogP contribution in [-0.4, -0.2) is 17.7 Å². The molecule has 3 nitrogen and oxygen atoms in total. The van der Waals surface area contributed by atoms with E-state index in [1.165, 1.54) is 19.3 Å². The van der Waals surface area contributed by atoms with Crippen molar-refractivity contribution >= 4 is 11.7 Å². The maximum Gasteiger partial charge on any atom is 0.227 e. The first-order valence-corrected chi connectivity index (χ1v) is 6.22. The molecule has 1 saturated carbocycles. The molecule has 0 radical (unpaired) electrons. The van der Waals surface area contributed by atoms with E-state index in [1.807, 2.05) is 20.8 Å². The Balaban J connectivity index is 2.32. The molecule has 0 aromatic heterocycles. The molecular formula is C13H23NO2. The Kier molecular flexibility index (Phi) is 4.51. The third kappa shape index (κ3) is 4.33. The van der Waals surface area contributed by atoms with Crippen molar-refractivity contribution in [3.8, 4) is 0 Å². The molecule has 3 heteroatoms. The van der Waals surface area contributed by atoms with Crippen LogP contribution in [0, 0.1) is 5.41 Å². The van der Waals surface area contributed by atoms with Crippen LogP contribution < -0.4 is 5.32 Å². The average Bonchev–Trinajstić information content (AvgIpc) is 2.17. The molecule has 0 heterocycles. The molecule has 1 rings (SSSR count). The van der Waals surface area contributed by atoms with Crippen LogP contribution in [0.3, 0.4) is 0 Å². The Morgan fingerprint density at radius 3 is 2.19 bits per heavy atom. The smallest absolute Gasteiger partial charge is 0.227 e. The molecule has 0 aromatic rings. The summed E-state index contributed by atoms with van der Waals surface area (Å²) in [6.07, 6.45) is 5.81. The summed E-state index contributed by atoms with van der Waals surface area (Å²) < 4.78 is 0. The summed E-state index contributed by atoms with van der Waals surface area (Å²) in [6, 6.07) is 0.300. The van der Waals surface area contributed by atoms with Gasteiger partial charge in [-0.05, 0) is 12.8 Å². The third-order valence-corrected chi connectivity index (χ3v) is 3.13. The molecule has 0 saturated heterocycles. The van der Waals surface area contributed by atoms with E-state index in [2.05, 4.69) is 5.32 Å². The second-order valence-corrected chi connectivity index (χ2v) is 5.75. The van der Waals surface area contributed by atoms with Gasteiger partial charge in [-0.15, -0.1) is 0 Å². The molecule has 1 fully saturated rings. The van der Waals surface area contributed by atoms with Crippen molar-refractivity contribution < 1.29 is 9.59 Å². The van der Waals surface area contributed by atoms with Crippen LogP contribution in [-0.2, 0) is 9.59 Å². The molecule has 0 aliphatic heterocycles. The Hall–Kier alpha value is -0.860. The Morgan fingerprint density at radius 2 is 1.69 bits per heavy atom. The van der Waals surface area contributed by atoms with Crippen molar-refractivity contribution in [1.82, 2.24) is 5.32 Å². The molecule has 0 spiro atoms. The lowest BCUT2D eigenvalue weighted by Gasteiger charge is -2.23. The van der Waals surface area contributed by atoms with E-state index in [0.29, 0.717) is 6.04 Å². The molecule has 16 heavy (non-hydrogen) atoms. The fourth-order valence-electron chi connectivity index (χ4n) is 1.94. The number of carbonyl (C=O) groups excluding carboxylic acids is 2. The number of hydrogen-bond acceptors (Lipinski definition) is 2. The van der Waals surface area contributed by atoms with Gasteiger partial charge < -0.3 is 5.32 Å². The van der Waals surface area contributed by atoms with Crippen molar-refractivity contribution in [3.63, 3.8) is 0 Å². The molecule has 1 aliphatic rings. The van der Waals surface area contributed by atoms with Gasteiger partial charge in [0.05, 0.1) is 6.42 Å². The van der Waals surface area contributed by atoms with Gasteiger partial charge in [0.15, 0.2) is 0 Å². The molecule has 1 aliphatic carbocycles. The number of ketones is 1. The predicted molar refractivity (Wildman–Crippen MR) is 64.1 cm³/mol. The number of hydrogen-bond donors (Lipinski definition) is 1. The van der Waals surface area contributed by atoms with Crippen molar-refractivity contribution in [2.45, 2.75) is 65.3 Å². The second-order valence-electron chi connectivity index (χ2n) is 5.75.